The lowest BCUT2D eigenvalue weighted by molar-refractivity contribution is -0.0586. The summed E-state index contributed by atoms with van der Waals surface area (Å²) >= 11 is 0. The minimum Gasteiger partial charge on any atom is -0.460 e. The number of carbonyl (C=O) groups excluding carboxylic acids is 1. The Balaban J connectivity index is 1.76. The van der Waals surface area contributed by atoms with E-state index in [-0.39, 0.29) is 18.1 Å². The highest BCUT2D eigenvalue weighted by Gasteiger charge is 2.30. The smallest absolute Gasteiger partial charge is 0.258 e. The summed E-state index contributed by atoms with van der Waals surface area (Å²) in [4.78, 5) is 15.1. The van der Waals surface area contributed by atoms with Crippen molar-refractivity contribution in [2.45, 2.75) is 33.0 Å². The Morgan fingerprint density at radius 1 is 1.07 bits per heavy atom. The molecule has 2 atom stereocenters. The Morgan fingerprint density at radius 2 is 1.78 bits per heavy atom. The number of ether oxygens (including phenoxy) is 1. The molecule has 0 saturated carbocycles. The molecule has 0 aliphatic carbocycles. The van der Waals surface area contributed by atoms with Gasteiger partial charge in [-0.1, -0.05) is 18.2 Å². The van der Waals surface area contributed by atoms with E-state index in [1.165, 1.54) is 0 Å². The van der Waals surface area contributed by atoms with E-state index in [1.54, 1.807) is 10.9 Å². The summed E-state index contributed by atoms with van der Waals surface area (Å²) in [6.45, 7) is 6.98. The highest BCUT2D eigenvalue weighted by atomic mass is 16.5. The van der Waals surface area contributed by atoms with Crippen LogP contribution in [0.3, 0.4) is 0 Å². The van der Waals surface area contributed by atoms with E-state index in [0.717, 1.165) is 11.4 Å². The first-order chi connectivity index (χ1) is 13.0. The maximum Gasteiger partial charge on any atom is 0.258 e. The number of aromatic nitrogens is 2. The molecule has 3 aromatic rings. The van der Waals surface area contributed by atoms with E-state index in [2.05, 4.69) is 5.10 Å². The van der Waals surface area contributed by atoms with Crippen LogP contribution in [-0.2, 0) is 4.74 Å². The predicted octanol–water partition coefficient (Wildman–Crippen LogP) is 3.69. The number of benzene rings is 1. The highest BCUT2D eigenvalue weighted by molar-refractivity contribution is 5.99. The molecule has 0 spiro atoms. The molecule has 4 rings (SSSR count). The molecule has 0 N–H and O–H groups in total. The van der Waals surface area contributed by atoms with Crippen molar-refractivity contribution in [1.29, 1.82) is 0 Å². The summed E-state index contributed by atoms with van der Waals surface area (Å²) in [5.74, 6) is 1.33. The number of rotatable bonds is 3. The fourth-order valence-corrected chi connectivity index (χ4v) is 3.50. The van der Waals surface area contributed by atoms with Gasteiger partial charge in [0.1, 0.15) is 11.5 Å². The van der Waals surface area contributed by atoms with Gasteiger partial charge in [-0.25, -0.2) is 4.68 Å². The first-order valence-corrected chi connectivity index (χ1v) is 9.18. The number of furan rings is 1. The van der Waals surface area contributed by atoms with Gasteiger partial charge in [0.25, 0.3) is 5.91 Å². The van der Waals surface area contributed by atoms with Crippen molar-refractivity contribution in [3.8, 4) is 17.1 Å². The zero-order chi connectivity index (χ0) is 19.0. The average molecular weight is 365 g/mol. The molecule has 1 aliphatic heterocycles. The van der Waals surface area contributed by atoms with Crippen LogP contribution >= 0.6 is 0 Å². The normalized spacial score (nSPS) is 20.0. The number of amides is 1. The van der Waals surface area contributed by atoms with Gasteiger partial charge in [0.2, 0.25) is 0 Å². The fraction of sp³-hybridized carbons (Fsp3) is 0.333. The zero-order valence-corrected chi connectivity index (χ0v) is 15.8. The van der Waals surface area contributed by atoms with Crippen LogP contribution in [0.1, 0.15) is 30.0 Å². The molecule has 6 nitrogen and oxygen atoms in total. The quantitative estimate of drug-likeness (QED) is 0.710. The van der Waals surface area contributed by atoms with Gasteiger partial charge in [0.05, 0.1) is 23.5 Å². The number of carbonyl (C=O) groups is 1. The Labute approximate surface area is 158 Å². The third-order valence-corrected chi connectivity index (χ3v) is 4.65. The maximum absolute atomic E-state index is 13.3. The highest BCUT2D eigenvalue weighted by Crippen LogP contribution is 2.27. The van der Waals surface area contributed by atoms with E-state index in [1.807, 2.05) is 68.1 Å². The monoisotopic (exact) mass is 365 g/mol. The maximum atomic E-state index is 13.3. The van der Waals surface area contributed by atoms with Crippen molar-refractivity contribution in [2.75, 3.05) is 13.1 Å². The molecule has 0 unspecified atom stereocenters. The SMILES string of the molecule is Cc1ccc(-c2nn(-c3ccccc3)cc2C(=O)N2C[C@@H](C)O[C@H](C)C2)o1. The molecule has 1 amide bonds. The van der Waals surface area contributed by atoms with Gasteiger partial charge in [-0.2, -0.15) is 5.10 Å². The largest absolute Gasteiger partial charge is 0.460 e. The van der Waals surface area contributed by atoms with E-state index in [0.29, 0.717) is 30.1 Å². The Bertz CT molecular complexity index is 935. The Hall–Kier alpha value is -2.86. The van der Waals surface area contributed by atoms with Crippen LogP contribution in [0.25, 0.3) is 17.1 Å². The van der Waals surface area contributed by atoms with Gasteiger partial charge in [-0.15, -0.1) is 0 Å². The van der Waals surface area contributed by atoms with Gasteiger partial charge in [0.15, 0.2) is 5.76 Å². The predicted molar refractivity (Wildman–Crippen MR) is 102 cm³/mol. The molecule has 1 saturated heterocycles. The molecule has 2 aromatic heterocycles. The first-order valence-electron chi connectivity index (χ1n) is 9.18. The van der Waals surface area contributed by atoms with Crippen molar-refractivity contribution >= 4 is 5.91 Å². The summed E-state index contributed by atoms with van der Waals surface area (Å²) in [5, 5.41) is 4.66. The molecule has 1 fully saturated rings. The molecule has 0 radical (unpaired) electrons. The van der Waals surface area contributed by atoms with Crippen LogP contribution in [0.5, 0.6) is 0 Å². The summed E-state index contributed by atoms with van der Waals surface area (Å²) < 4.78 is 13.3. The van der Waals surface area contributed by atoms with Crippen molar-refractivity contribution in [3.63, 3.8) is 0 Å². The zero-order valence-electron chi connectivity index (χ0n) is 15.8. The summed E-state index contributed by atoms with van der Waals surface area (Å²) in [5.41, 5.74) is 1.99. The number of hydrogen-bond acceptors (Lipinski definition) is 4. The molecule has 1 aromatic carbocycles. The number of aryl methyl sites for hydroxylation is 1. The van der Waals surface area contributed by atoms with Crippen LogP contribution in [-0.4, -0.2) is 45.9 Å². The summed E-state index contributed by atoms with van der Waals surface area (Å²) in [7, 11) is 0. The van der Waals surface area contributed by atoms with Crippen LogP contribution < -0.4 is 0 Å². The van der Waals surface area contributed by atoms with Gasteiger partial charge in [-0.3, -0.25) is 4.79 Å². The second-order valence-electron chi connectivity index (χ2n) is 7.05. The summed E-state index contributed by atoms with van der Waals surface area (Å²) in [6, 6.07) is 13.5. The molecule has 3 heterocycles. The van der Waals surface area contributed by atoms with Gasteiger partial charge in [0, 0.05) is 19.3 Å². The molecule has 0 bridgehead atoms. The number of hydrogen-bond donors (Lipinski definition) is 0. The van der Waals surface area contributed by atoms with Crippen molar-refractivity contribution in [3.05, 3.63) is 60.0 Å². The lowest BCUT2D eigenvalue weighted by Gasteiger charge is -2.35. The second kappa shape index (κ2) is 7.04. The van der Waals surface area contributed by atoms with E-state index >= 15 is 0 Å². The van der Waals surface area contributed by atoms with Crippen LogP contribution in [0.4, 0.5) is 0 Å². The number of nitrogens with zero attached hydrogens (tertiary/aromatic N) is 3. The van der Waals surface area contributed by atoms with E-state index in [4.69, 9.17) is 9.15 Å². The molecule has 6 heteroatoms. The van der Waals surface area contributed by atoms with Crippen LogP contribution in [0.15, 0.2) is 53.1 Å². The molecule has 1 aliphatic rings. The minimum atomic E-state index is -0.0526. The lowest BCUT2D eigenvalue weighted by Crippen LogP contribution is -2.48. The minimum absolute atomic E-state index is 0.0103. The topological polar surface area (TPSA) is 60.5 Å². The lowest BCUT2D eigenvalue weighted by atomic mass is 10.1. The van der Waals surface area contributed by atoms with E-state index < -0.39 is 0 Å². The third-order valence-electron chi connectivity index (χ3n) is 4.65. The molecule has 140 valence electrons. The van der Waals surface area contributed by atoms with Crippen molar-refractivity contribution < 1.29 is 13.9 Å². The van der Waals surface area contributed by atoms with Crippen molar-refractivity contribution in [1.82, 2.24) is 14.7 Å². The average Bonchev–Trinajstić information content (AvgIpc) is 3.27. The van der Waals surface area contributed by atoms with Crippen molar-refractivity contribution in [2.24, 2.45) is 0 Å². The first kappa shape index (κ1) is 17.5. The fourth-order valence-electron chi connectivity index (χ4n) is 3.50. The van der Waals surface area contributed by atoms with Crippen LogP contribution in [0, 0.1) is 6.92 Å². The van der Waals surface area contributed by atoms with Gasteiger partial charge >= 0.3 is 0 Å². The Morgan fingerprint density at radius 3 is 2.41 bits per heavy atom. The van der Waals surface area contributed by atoms with E-state index in [9.17, 15) is 4.79 Å². The summed E-state index contributed by atoms with van der Waals surface area (Å²) in [6.07, 6.45) is 1.81. The molecular weight excluding hydrogens is 342 g/mol. The van der Waals surface area contributed by atoms with Crippen LogP contribution in [0.2, 0.25) is 0 Å². The standard InChI is InChI=1S/C21H23N3O3/c1-14-9-10-19(27-14)20-18(13-24(22-20)17-7-5-4-6-8-17)21(25)23-11-15(2)26-16(3)12-23/h4-10,13,15-16H,11-12H2,1-3H3/t15-,16-/m1/s1. The number of morpholine rings is 1. The molecule has 27 heavy (non-hydrogen) atoms. The van der Waals surface area contributed by atoms with Gasteiger partial charge in [-0.05, 0) is 45.0 Å². The Kier molecular flexibility index (Phi) is 4.58. The third kappa shape index (κ3) is 3.53. The second-order valence-corrected chi connectivity index (χ2v) is 7.05. The number of para-hydroxylation sites is 1. The van der Waals surface area contributed by atoms with Gasteiger partial charge < -0.3 is 14.1 Å². The molecular formula is C21H23N3O3.